The minimum Gasteiger partial charge on any atom is -0.477 e. The molecule has 1 saturated heterocycles. The molecule has 0 bridgehead atoms. The Morgan fingerprint density at radius 3 is 3.00 bits per heavy atom. The number of carbonyl (C=O) groups is 1. The number of aromatic nitrogens is 3. The zero-order valence-corrected chi connectivity index (χ0v) is 13.2. The SMILES string of the molecule is O=C(O)c1cnn2ccc(N3CC4CC4C3c3cccc(F)c3)nc12. The summed E-state index contributed by atoms with van der Waals surface area (Å²) in [6.07, 6.45) is 4.17. The fourth-order valence-electron chi connectivity index (χ4n) is 3.99. The first-order valence-corrected chi connectivity index (χ1v) is 8.21. The summed E-state index contributed by atoms with van der Waals surface area (Å²) in [4.78, 5) is 18.0. The molecule has 3 heterocycles. The van der Waals surface area contributed by atoms with Crippen molar-refractivity contribution in [2.75, 3.05) is 11.4 Å². The van der Waals surface area contributed by atoms with Gasteiger partial charge in [-0.2, -0.15) is 5.10 Å². The van der Waals surface area contributed by atoms with E-state index in [4.69, 9.17) is 0 Å². The number of nitrogens with zero attached hydrogens (tertiary/aromatic N) is 4. The van der Waals surface area contributed by atoms with E-state index in [1.165, 1.54) is 16.8 Å². The van der Waals surface area contributed by atoms with Gasteiger partial charge in [-0.1, -0.05) is 12.1 Å². The third-order valence-corrected chi connectivity index (χ3v) is 5.22. The Kier molecular flexibility index (Phi) is 2.89. The molecule has 5 rings (SSSR count). The van der Waals surface area contributed by atoms with Gasteiger partial charge in [-0.05, 0) is 42.0 Å². The molecule has 126 valence electrons. The maximum absolute atomic E-state index is 13.7. The minimum absolute atomic E-state index is 0.0758. The second-order valence-electron chi connectivity index (χ2n) is 6.73. The van der Waals surface area contributed by atoms with Gasteiger partial charge in [-0.15, -0.1) is 0 Å². The van der Waals surface area contributed by atoms with Gasteiger partial charge < -0.3 is 10.0 Å². The number of carboxylic acids is 1. The molecular formula is C18H15FN4O2. The molecule has 2 aliphatic rings. The summed E-state index contributed by atoms with van der Waals surface area (Å²) in [6.45, 7) is 0.853. The Bertz CT molecular complexity index is 1000. The molecule has 1 aliphatic heterocycles. The number of halogens is 1. The smallest absolute Gasteiger partial charge is 0.341 e. The summed E-state index contributed by atoms with van der Waals surface area (Å²) in [5.41, 5.74) is 1.34. The molecule has 2 fully saturated rings. The number of carboxylic acid groups (broad SMARTS) is 1. The van der Waals surface area contributed by atoms with Crippen molar-refractivity contribution in [1.82, 2.24) is 14.6 Å². The Hall–Kier alpha value is -2.96. The number of hydrogen-bond donors (Lipinski definition) is 1. The molecule has 0 amide bonds. The summed E-state index contributed by atoms with van der Waals surface area (Å²) in [5, 5.41) is 13.3. The Labute approximate surface area is 142 Å². The Balaban J connectivity index is 1.59. The summed E-state index contributed by atoms with van der Waals surface area (Å²) in [5.74, 6) is 0.510. The van der Waals surface area contributed by atoms with Gasteiger partial charge in [0.1, 0.15) is 17.2 Å². The van der Waals surface area contributed by atoms with E-state index >= 15 is 0 Å². The second kappa shape index (κ2) is 5.02. The third-order valence-electron chi connectivity index (χ3n) is 5.22. The van der Waals surface area contributed by atoms with Crippen LogP contribution in [0.25, 0.3) is 5.65 Å². The van der Waals surface area contributed by atoms with Gasteiger partial charge in [0.05, 0.1) is 12.2 Å². The van der Waals surface area contributed by atoms with Crippen molar-refractivity contribution in [2.24, 2.45) is 11.8 Å². The average Bonchev–Trinajstić information content (AvgIpc) is 3.06. The van der Waals surface area contributed by atoms with Gasteiger partial charge in [0.15, 0.2) is 5.65 Å². The van der Waals surface area contributed by atoms with Crippen molar-refractivity contribution < 1.29 is 14.3 Å². The number of benzene rings is 1. The van der Waals surface area contributed by atoms with E-state index < -0.39 is 5.97 Å². The third kappa shape index (κ3) is 2.19. The van der Waals surface area contributed by atoms with Crippen LogP contribution < -0.4 is 4.90 Å². The van der Waals surface area contributed by atoms with Gasteiger partial charge in [0.2, 0.25) is 0 Å². The van der Waals surface area contributed by atoms with Crippen LogP contribution in [0.1, 0.15) is 28.4 Å². The molecule has 3 atom stereocenters. The van der Waals surface area contributed by atoms with E-state index in [1.54, 1.807) is 18.3 Å². The lowest BCUT2D eigenvalue weighted by molar-refractivity contribution is 0.0698. The lowest BCUT2D eigenvalue weighted by atomic mass is 10.0. The van der Waals surface area contributed by atoms with E-state index in [0.717, 1.165) is 18.5 Å². The number of aromatic carboxylic acids is 1. The minimum atomic E-state index is -1.05. The van der Waals surface area contributed by atoms with Crippen molar-refractivity contribution in [2.45, 2.75) is 12.5 Å². The van der Waals surface area contributed by atoms with E-state index in [0.29, 0.717) is 23.3 Å². The maximum atomic E-state index is 13.7. The van der Waals surface area contributed by atoms with Crippen LogP contribution in [-0.2, 0) is 0 Å². The van der Waals surface area contributed by atoms with Crippen LogP contribution in [0, 0.1) is 17.7 Å². The maximum Gasteiger partial charge on any atom is 0.341 e. The van der Waals surface area contributed by atoms with Gasteiger partial charge >= 0.3 is 5.97 Å². The van der Waals surface area contributed by atoms with Gasteiger partial charge in [-0.3, -0.25) is 0 Å². The number of hydrogen-bond acceptors (Lipinski definition) is 4. The molecule has 7 heteroatoms. The predicted molar refractivity (Wildman–Crippen MR) is 88.0 cm³/mol. The highest BCUT2D eigenvalue weighted by atomic mass is 19.1. The highest BCUT2D eigenvalue weighted by molar-refractivity contribution is 5.94. The highest BCUT2D eigenvalue weighted by Crippen LogP contribution is 2.57. The summed E-state index contributed by atoms with van der Waals surface area (Å²) < 4.78 is 15.1. The fourth-order valence-corrected chi connectivity index (χ4v) is 3.99. The molecular weight excluding hydrogens is 323 g/mol. The van der Waals surface area contributed by atoms with Crippen molar-refractivity contribution in [3.63, 3.8) is 0 Å². The highest BCUT2D eigenvalue weighted by Gasteiger charge is 2.53. The lowest BCUT2D eigenvalue weighted by Crippen LogP contribution is -2.27. The number of piperidine rings is 1. The quantitative estimate of drug-likeness (QED) is 0.795. The van der Waals surface area contributed by atoms with E-state index in [1.807, 2.05) is 12.1 Å². The van der Waals surface area contributed by atoms with Gasteiger partial charge in [0.25, 0.3) is 0 Å². The van der Waals surface area contributed by atoms with Crippen LogP contribution in [0.5, 0.6) is 0 Å². The molecule has 2 aromatic heterocycles. The van der Waals surface area contributed by atoms with Crippen LogP contribution in [0.2, 0.25) is 0 Å². The van der Waals surface area contributed by atoms with Crippen molar-refractivity contribution in [1.29, 1.82) is 0 Å². The van der Waals surface area contributed by atoms with E-state index in [-0.39, 0.29) is 17.4 Å². The van der Waals surface area contributed by atoms with Crippen molar-refractivity contribution in [3.05, 3.63) is 59.7 Å². The number of fused-ring (bicyclic) bond motifs is 2. The first-order valence-electron chi connectivity index (χ1n) is 8.21. The largest absolute Gasteiger partial charge is 0.477 e. The molecule has 25 heavy (non-hydrogen) atoms. The molecule has 1 aromatic carbocycles. The van der Waals surface area contributed by atoms with Crippen LogP contribution in [0.3, 0.4) is 0 Å². The number of anilines is 1. The molecule has 1 saturated carbocycles. The summed E-state index contributed by atoms with van der Waals surface area (Å²) in [6, 6.07) is 8.62. The normalized spacial score (nSPS) is 24.5. The molecule has 3 unspecified atom stereocenters. The second-order valence-corrected chi connectivity index (χ2v) is 6.73. The van der Waals surface area contributed by atoms with Crippen molar-refractivity contribution >= 4 is 17.4 Å². The molecule has 1 aliphatic carbocycles. The molecule has 3 aromatic rings. The zero-order chi connectivity index (χ0) is 17.1. The van der Waals surface area contributed by atoms with Crippen LogP contribution in [0.15, 0.2) is 42.7 Å². The van der Waals surface area contributed by atoms with Crippen molar-refractivity contribution in [3.8, 4) is 0 Å². The van der Waals surface area contributed by atoms with E-state index in [2.05, 4.69) is 15.0 Å². The van der Waals surface area contributed by atoms with Crippen LogP contribution in [-0.4, -0.2) is 32.2 Å². The van der Waals surface area contributed by atoms with Gasteiger partial charge in [-0.25, -0.2) is 18.7 Å². The Morgan fingerprint density at radius 1 is 1.32 bits per heavy atom. The predicted octanol–water partition coefficient (Wildman–Crippen LogP) is 2.76. The summed E-state index contributed by atoms with van der Waals surface area (Å²) >= 11 is 0. The summed E-state index contributed by atoms with van der Waals surface area (Å²) in [7, 11) is 0. The van der Waals surface area contributed by atoms with Crippen LogP contribution >= 0.6 is 0 Å². The average molecular weight is 338 g/mol. The fraction of sp³-hybridized carbons (Fsp3) is 0.278. The lowest BCUT2D eigenvalue weighted by Gasteiger charge is -2.29. The first-order chi connectivity index (χ1) is 12.1. The molecule has 0 radical (unpaired) electrons. The molecule has 1 N–H and O–H groups in total. The van der Waals surface area contributed by atoms with E-state index in [9.17, 15) is 14.3 Å². The van der Waals surface area contributed by atoms with Gasteiger partial charge in [0, 0.05) is 12.7 Å². The standard InChI is InChI=1S/C18H15FN4O2/c19-12-3-1-2-10(6-12)16-13-7-11(13)9-22(16)15-4-5-23-17(21-15)14(8-20-23)18(24)25/h1-6,8,11,13,16H,7,9H2,(H,24,25). The van der Waals surface area contributed by atoms with Crippen LogP contribution in [0.4, 0.5) is 10.2 Å². The Morgan fingerprint density at radius 2 is 2.20 bits per heavy atom. The molecule has 0 spiro atoms. The zero-order valence-electron chi connectivity index (χ0n) is 13.2. The monoisotopic (exact) mass is 338 g/mol. The molecule has 6 nitrogen and oxygen atoms in total. The first kappa shape index (κ1) is 14.4. The topological polar surface area (TPSA) is 70.7 Å². The number of rotatable bonds is 3.